The second-order valence-electron chi connectivity index (χ2n) is 4.88. The Hall–Kier alpha value is -1.40. The zero-order chi connectivity index (χ0) is 14.2. The van der Waals surface area contributed by atoms with E-state index in [1.165, 1.54) is 0 Å². The molecule has 0 atom stereocenters. The Bertz CT molecular complexity index is 506. The lowest BCUT2D eigenvalue weighted by atomic mass is 9.82. The molecule has 0 saturated heterocycles. The first-order valence-electron chi connectivity index (χ1n) is 5.91. The van der Waals surface area contributed by atoms with Crippen LogP contribution in [0.4, 0.5) is 15.8 Å². The molecule has 0 aliphatic heterocycles. The van der Waals surface area contributed by atoms with E-state index >= 15 is 0 Å². The molecule has 2 rings (SSSR count). The van der Waals surface area contributed by atoms with Gasteiger partial charge in [0.2, 0.25) is 0 Å². The number of halogens is 2. The van der Waals surface area contributed by atoms with Crippen molar-refractivity contribution in [2.24, 2.45) is 5.92 Å². The zero-order valence-electron chi connectivity index (χ0n) is 10.3. The Labute approximate surface area is 114 Å². The van der Waals surface area contributed by atoms with E-state index in [9.17, 15) is 19.6 Å². The van der Waals surface area contributed by atoms with E-state index in [4.69, 9.17) is 11.6 Å². The number of nitro groups is 1. The summed E-state index contributed by atoms with van der Waals surface area (Å²) in [6, 6.07) is 2.11. The third-order valence-electron chi connectivity index (χ3n) is 3.37. The lowest BCUT2D eigenvalue weighted by molar-refractivity contribution is -0.384. The fourth-order valence-corrected chi connectivity index (χ4v) is 2.47. The van der Waals surface area contributed by atoms with Gasteiger partial charge in [-0.2, -0.15) is 0 Å². The van der Waals surface area contributed by atoms with E-state index in [0.29, 0.717) is 19.4 Å². The van der Waals surface area contributed by atoms with Crippen LogP contribution in [0.3, 0.4) is 0 Å². The number of nitro benzene ring substituents is 1. The van der Waals surface area contributed by atoms with E-state index < -0.39 is 10.7 Å². The van der Waals surface area contributed by atoms with Crippen molar-refractivity contribution in [2.45, 2.75) is 18.9 Å². The summed E-state index contributed by atoms with van der Waals surface area (Å²) in [6.45, 7) is 0.541. The number of aliphatic hydroxyl groups is 1. The van der Waals surface area contributed by atoms with Gasteiger partial charge in [0.05, 0.1) is 16.0 Å². The van der Waals surface area contributed by atoms with Crippen LogP contribution in [0.15, 0.2) is 12.1 Å². The van der Waals surface area contributed by atoms with Gasteiger partial charge in [0.1, 0.15) is 11.5 Å². The highest BCUT2D eigenvalue weighted by Gasteiger charge is 2.30. The molecule has 0 amide bonds. The van der Waals surface area contributed by atoms with Crippen molar-refractivity contribution in [3.05, 3.63) is 33.1 Å². The minimum absolute atomic E-state index is 0.202. The standard InChI is InChI=1S/C12H14ClFN2O3/c1-15(6-7-2-8(17)3-7)11-5-10(14)9(13)4-12(11)16(18)19/h4-5,7-8,17H,2-3,6H2,1H3. The van der Waals surface area contributed by atoms with Gasteiger partial charge in [0, 0.05) is 25.7 Å². The monoisotopic (exact) mass is 288 g/mol. The summed E-state index contributed by atoms with van der Waals surface area (Å²) in [5.74, 6) is -0.402. The van der Waals surface area contributed by atoms with Gasteiger partial charge in [-0.05, 0) is 18.8 Å². The molecule has 0 unspecified atom stereocenters. The predicted molar refractivity (Wildman–Crippen MR) is 70.1 cm³/mol. The van der Waals surface area contributed by atoms with Crippen LogP contribution in [0.25, 0.3) is 0 Å². The highest BCUT2D eigenvalue weighted by Crippen LogP contribution is 2.35. The Morgan fingerprint density at radius 3 is 2.74 bits per heavy atom. The van der Waals surface area contributed by atoms with Crippen LogP contribution in [0.2, 0.25) is 5.02 Å². The molecule has 0 spiro atoms. The number of nitrogens with zero attached hydrogens (tertiary/aromatic N) is 2. The van der Waals surface area contributed by atoms with E-state index in [1.807, 2.05) is 0 Å². The summed E-state index contributed by atoms with van der Waals surface area (Å²) in [6.07, 6.45) is 1.07. The minimum atomic E-state index is -0.678. The molecule has 0 heterocycles. The van der Waals surface area contributed by atoms with Crippen LogP contribution < -0.4 is 4.90 Å². The second kappa shape index (κ2) is 5.30. The maximum Gasteiger partial charge on any atom is 0.294 e. The van der Waals surface area contributed by atoms with E-state index in [1.54, 1.807) is 11.9 Å². The van der Waals surface area contributed by atoms with Gasteiger partial charge in [-0.25, -0.2) is 4.39 Å². The number of hydrogen-bond donors (Lipinski definition) is 1. The number of rotatable bonds is 4. The number of benzene rings is 1. The van der Waals surface area contributed by atoms with Gasteiger partial charge in [-0.15, -0.1) is 0 Å². The highest BCUT2D eigenvalue weighted by molar-refractivity contribution is 6.31. The number of anilines is 1. The SMILES string of the molecule is CN(CC1CC(O)C1)c1cc(F)c(Cl)cc1[N+](=O)[O-]. The van der Waals surface area contributed by atoms with Crippen LogP contribution in [0.1, 0.15) is 12.8 Å². The summed E-state index contributed by atoms with van der Waals surface area (Å²) in [7, 11) is 1.67. The van der Waals surface area contributed by atoms with Crippen LogP contribution in [-0.4, -0.2) is 29.7 Å². The van der Waals surface area contributed by atoms with Gasteiger partial charge in [0.25, 0.3) is 5.69 Å². The largest absolute Gasteiger partial charge is 0.393 e. The molecule has 0 aromatic heterocycles. The Kier molecular flexibility index (Phi) is 3.91. The van der Waals surface area contributed by atoms with Gasteiger partial charge in [0.15, 0.2) is 0 Å². The maximum atomic E-state index is 13.5. The first-order chi connectivity index (χ1) is 8.88. The predicted octanol–water partition coefficient (Wildman–Crippen LogP) is 2.59. The van der Waals surface area contributed by atoms with Gasteiger partial charge in [-0.3, -0.25) is 10.1 Å². The molecular formula is C12H14ClFN2O3. The van der Waals surface area contributed by atoms with Crippen molar-refractivity contribution in [3.63, 3.8) is 0 Å². The summed E-state index contributed by atoms with van der Waals surface area (Å²) in [5.41, 5.74) is -0.0120. The van der Waals surface area contributed by atoms with Crippen LogP contribution in [0, 0.1) is 21.8 Å². The number of aliphatic hydroxyl groups excluding tert-OH is 1. The highest BCUT2D eigenvalue weighted by atomic mass is 35.5. The maximum absolute atomic E-state index is 13.5. The molecule has 19 heavy (non-hydrogen) atoms. The lowest BCUT2D eigenvalue weighted by Crippen LogP contribution is -2.37. The molecule has 7 heteroatoms. The van der Waals surface area contributed by atoms with Gasteiger partial charge >= 0.3 is 0 Å². The molecule has 1 aliphatic rings. The Morgan fingerprint density at radius 2 is 2.21 bits per heavy atom. The normalized spacial score (nSPS) is 21.9. The van der Waals surface area contributed by atoms with Crippen molar-refractivity contribution in [1.29, 1.82) is 0 Å². The first kappa shape index (κ1) is 14.0. The first-order valence-corrected chi connectivity index (χ1v) is 6.29. The van der Waals surface area contributed by atoms with Crippen LogP contribution >= 0.6 is 11.6 Å². The lowest BCUT2D eigenvalue weighted by Gasteiger charge is -2.35. The topological polar surface area (TPSA) is 66.6 Å². The molecular weight excluding hydrogens is 275 g/mol. The van der Waals surface area contributed by atoms with Crippen molar-refractivity contribution in [2.75, 3.05) is 18.5 Å². The second-order valence-corrected chi connectivity index (χ2v) is 5.29. The molecule has 1 aromatic carbocycles. The van der Waals surface area contributed by atoms with Crippen molar-refractivity contribution in [3.8, 4) is 0 Å². The number of hydrogen-bond acceptors (Lipinski definition) is 4. The summed E-state index contributed by atoms with van der Waals surface area (Å²) in [4.78, 5) is 12.0. The summed E-state index contributed by atoms with van der Waals surface area (Å²) >= 11 is 5.57. The Balaban J connectivity index is 2.22. The van der Waals surface area contributed by atoms with Crippen molar-refractivity contribution < 1.29 is 14.4 Å². The van der Waals surface area contributed by atoms with Crippen LogP contribution in [0.5, 0.6) is 0 Å². The average molecular weight is 289 g/mol. The molecule has 1 aromatic rings. The van der Waals surface area contributed by atoms with Crippen LogP contribution in [-0.2, 0) is 0 Å². The third kappa shape index (κ3) is 2.96. The van der Waals surface area contributed by atoms with E-state index in [-0.39, 0.29) is 28.4 Å². The molecule has 1 fully saturated rings. The molecule has 1 N–H and O–H groups in total. The fourth-order valence-electron chi connectivity index (χ4n) is 2.31. The molecule has 0 radical (unpaired) electrons. The van der Waals surface area contributed by atoms with Crippen molar-refractivity contribution >= 4 is 23.0 Å². The molecule has 5 nitrogen and oxygen atoms in total. The Morgan fingerprint density at radius 1 is 1.58 bits per heavy atom. The molecule has 1 saturated carbocycles. The third-order valence-corrected chi connectivity index (χ3v) is 3.66. The summed E-state index contributed by atoms with van der Waals surface area (Å²) < 4.78 is 13.5. The molecule has 0 bridgehead atoms. The van der Waals surface area contributed by atoms with Gasteiger partial charge in [-0.1, -0.05) is 11.6 Å². The zero-order valence-corrected chi connectivity index (χ0v) is 11.1. The fraction of sp³-hybridized carbons (Fsp3) is 0.500. The smallest absolute Gasteiger partial charge is 0.294 e. The molecule has 1 aliphatic carbocycles. The van der Waals surface area contributed by atoms with E-state index in [2.05, 4.69) is 0 Å². The van der Waals surface area contributed by atoms with Gasteiger partial charge < -0.3 is 10.0 Å². The molecule has 104 valence electrons. The summed E-state index contributed by atoms with van der Waals surface area (Å²) in [5, 5.41) is 19.9. The van der Waals surface area contributed by atoms with E-state index in [0.717, 1.165) is 12.1 Å². The quantitative estimate of drug-likeness (QED) is 0.683. The average Bonchev–Trinajstić information content (AvgIpc) is 2.29. The minimum Gasteiger partial charge on any atom is -0.393 e. The van der Waals surface area contributed by atoms with Crippen molar-refractivity contribution in [1.82, 2.24) is 0 Å².